The molecule has 1 fully saturated rings. The van der Waals surface area contributed by atoms with Crippen molar-refractivity contribution in [2.75, 3.05) is 39.3 Å². The monoisotopic (exact) mass is 361 g/mol. The van der Waals surface area contributed by atoms with E-state index < -0.39 is 0 Å². The van der Waals surface area contributed by atoms with Gasteiger partial charge in [0.25, 0.3) is 5.91 Å². The Morgan fingerprint density at radius 3 is 2.83 bits per heavy atom. The lowest BCUT2D eigenvalue weighted by molar-refractivity contribution is -0.134. The molecule has 0 aliphatic carbocycles. The molecule has 23 heavy (non-hydrogen) atoms. The highest BCUT2D eigenvalue weighted by atomic mass is 35.5. The molecule has 0 saturated carbocycles. The molecule has 130 valence electrons. The summed E-state index contributed by atoms with van der Waals surface area (Å²) in [4.78, 5) is 14.3. The van der Waals surface area contributed by atoms with E-state index in [1.54, 1.807) is 0 Å². The van der Waals surface area contributed by atoms with E-state index in [-0.39, 0.29) is 36.8 Å². The molecule has 1 aromatic carbocycles. The smallest absolute Gasteiger partial charge is 0.250 e. The van der Waals surface area contributed by atoms with Gasteiger partial charge in [-0.25, -0.2) is 0 Å². The van der Waals surface area contributed by atoms with Gasteiger partial charge in [-0.3, -0.25) is 9.69 Å². The zero-order valence-corrected chi connectivity index (χ0v) is 14.8. The first kappa shape index (κ1) is 20.2. The van der Waals surface area contributed by atoms with Crippen molar-refractivity contribution in [1.82, 2.24) is 15.5 Å². The van der Waals surface area contributed by atoms with Gasteiger partial charge in [-0.15, -0.1) is 24.8 Å². The molecule has 7 heteroatoms. The Hall–Kier alpha value is -0.850. The van der Waals surface area contributed by atoms with E-state index in [4.69, 9.17) is 4.74 Å². The number of hydrogen-bond donors (Lipinski definition) is 2. The van der Waals surface area contributed by atoms with Gasteiger partial charge in [-0.1, -0.05) is 24.3 Å². The van der Waals surface area contributed by atoms with E-state index in [0.717, 1.165) is 32.6 Å². The second kappa shape index (κ2) is 10.1. The minimum atomic E-state index is -0.333. The van der Waals surface area contributed by atoms with Crippen LogP contribution in [0.15, 0.2) is 24.3 Å². The minimum absolute atomic E-state index is 0. The second-order valence-electron chi connectivity index (χ2n) is 5.65. The van der Waals surface area contributed by atoms with E-state index in [1.165, 1.54) is 11.1 Å². The van der Waals surface area contributed by atoms with Gasteiger partial charge in [0.05, 0.1) is 6.61 Å². The SMILES string of the molecule is Cl.Cl.O=C(NCCN1CCc2ccccc2C1)C1CNCCO1. The summed E-state index contributed by atoms with van der Waals surface area (Å²) in [7, 11) is 0. The number of benzene rings is 1. The van der Waals surface area contributed by atoms with Crippen LogP contribution in [0.25, 0.3) is 0 Å². The van der Waals surface area contributed by atoms with Crippen molar-refractivity contribution in [2.45, 2.75) is 19.1 Å². The van der Waals surface area contributed by atoms with Gasteiger partial charge in [-0.05, 0) is 17.5 Å². The van der Waals surface area contributed by atoms with Crippen LogP contribution in [0.2, 0.25) is 0 Å². The summed E-state index contributed by atoms with van der Waals surface area (Å²) < 4.78 is 5.44. The number of nitrogens with one attached hydrogen (secondary N) is 2. The topological polar surface area (TPSA) is 53.6 Å². The van der Waals surface area contributed by atoms with Crippen molar-refractivity contribution in [1.29, 1.82) is 0 Å². The number of hydrogen-bond acceptors (Lipinski definition) is 4. The molecule has 2 N–H and O–H groups in total. The highest BCUT2D eigenvalue weighted by Crippen LogP contribution is 2.17. The number of ether oxygens (including phenoxy) is 1. The van der Waals surface area contributed by atoms with Crippen LogP contribution in [0.4, 0.5) is 0 Å². The van der Waals surface area contributed by atoms with Crippen LogP contribution < -0.4 is 10.6 Å². The van der Waals surface area contributed by atoms with Gasteiger partial charge < -0.3 is 15.4 Å². The van der Waals surface area contributed by atoms with E-state index >= 15 is 0 Å². The molecule has 0 radical (unpaired) electrons. The zero-order chi connectivity index (χ0) is 14.5. The Balaban J connectivity index is 0.00000132. The molecule has 0 bridgehead atoms. The van der Waals surface area contributed by atoms with Crippen molar-refractivity contribution in [3.05, 3.63) is 35.4 Å². The molecule has 1 atom stereocenters. The Bertz CT molecular complexity index is 496. The fraction of sp³-hybridized carbons (Fsp3) is 0.562. The highest BCUT2D eigenvalue weighted by molar-refractivity contribution is 5.85. The average Bonchev–Trinajstić information content (AvgIpc) is 2.55. The summed E-state index contributed by atoms with van der Waals surface area (Å²) in [5, 5.41) is 6.15. The highest BCUT2D eigenvalue weighted by Gasteiger charge is 2.21. The molecule has 1 unspecified atom stereocenters. The molecule has 2 heterocycles. The number of halogens is 2. The number of carbonyl (C=O) groups excluding carboxylic acids is 1. The van der Waals surface area contributed by atoms with E-state index in [2.05, 4.69) is 39.8 Å². The summed E-state index contributed by atoms with van der Waals surface area (Å²) in [5.74, 6) is -0.000361. The van der Waals surface area contributed by atoms with Crippen molar-refractivity contribution >= 4 is 30.7 Å². The number of carbonyl (C=O) groups is 1. The predicted molar refractivity (Wildman–Crippen MR) is 95.5 cm³/mol. The average molecular weight is 362 g/mol. The van der Waals surface area contributed by atoms with Crippen molar-refractivity contribution in [2.24, 2.45) is 0 Å². The first-order valence-corrected chi connectivity index (χ1v) is 7.72. The predicted octanol–water partition coefficient (Wildman–Crippen LogP) is 0.993. The summed E-state index contributed by atoms with van der Waals surface area (Å²) in [6.07, 6.45) is 0.764. The number of fused-ring (bicyclic) bond motifs is 1. The number of nitrogens with zero attached hydrogens (tertiary/aromatic N) is 1. The maximum Gasteiger partial charge on any atom is 0.250 e. The molecule has 0 spiro atoms. The van der Waals surface area contributed by atoms with Gasteiger partial charge in [-0.2, -0.15) is 0 Å². The van der Waals surface area contributed by atoms with Crippen LogP contribution >= 0.6 is 24.8 Å². The maximum atomic E-state index is 11.9. The van der Waals surface area contributed by atoms with Crippen LogP contribution in [-0.4, -0.2) is 56.2 Å². The maximum absolute atomic E-state index is 11.9. The molecule has 0 aromatic heterocycles. The van der Waals surface area contributed by atoms with E-state index in [9.17, 15) is 4.79 Å². The molecule has 2 aliphatic rings. The molecule has 2 aliphatic heterocycles. The minimum Gasteiger partial charge on any atom is -0.366 e. The summed E-state index contributed by atoms with van der Waals surface area (Å²) in [5.41, 5.74) is 2.87. The van der Waals surface area contributed by atoms with Gasteiger partial charge in [0.15, 0.2) is 0 Å². The van der Waals surface area contributed by atoms with Crippen LogP contribution in [0.3, 0.4) is 0 Å². The van der Waals surface area contributed by atoms with Gasteiger partial charge in [0.1, 0.15) is 6.10 Å². The fourth-order valence-corrected chi connectivity index (χ4v) is 2.93. The number of rotatable bonds is 4. The fourth-order valence-electron chi connectivity index (χ4n) is 2.93. The largest absolute Gasteiger partial charge is 0.366 e. The van der Waals surface area contributed by atoms with Crippen LogP contribution in [0.1, 0.15) is 11.1 Å². The quantitative estimate of drug-likeness (QED) is 0.839. The second-order valence-corrected chi connectivity index (χ2v) is 5.65. The lowest BCUT2D eigenvalue weighted by Gasteiger charge is -2.29. The molecule has 3 rings (SSSR count). The third kappa shape index (κ3) is 5.62. The van der Waals surface area contributed by atoms with Crippen LogP contribution in [0.5, 0.6) is 0 Å². The van der Waals surface area contributed by atoms with Gasteiger partial charge >= 0.3 is 0 Å². The molecule has 1 amide bonds. The van der Waals surface area contributed by atoms with Gasteiger partial charge in [0.2, 0.25) is 0 Å². The van der Waals surface area contributed by atoms with Gasteiger partial charge in [0, 0.05) is 39.3 Å². The van der Waals surface area contributed by atoms with Crippen molar-refractivity contribution in [3.8, 4) is 0 Å². The first-order valence-electron chi connectivity index (χ1n) is 7.72. The normalized spacial score (nSPS) is 20.6. The first-order chi connectivity index (χ1) is 10.3. The third-order valence-corrected chi connectivity index (χ3v) is 4.16. The van der Waals surface area contributed by atoms with E-state index in [0.29, 0.717) is 19.7 Å². The number of morpholine rings is 1. The lowest BCUT2D eigenvalue weighted by atomic mass is 10.00. The third-order valence-electron chi connectivity index (χ3n) is 4.16. The van der Waals surface area contributed by atoms with Crippen LogP contribution in [0, 0.1) is 0 Å². The van der Waals surface area contributed by atoms with Crippen LogP contribution in [-0.2, 0) is 22.5 Å². The Morgan fingerprint density at radius 2 is 2.09 bits per heavy atom. The number of amides is 1. The summed E-state index contributed by atoms with van der Waals surface area (Å²) in [6, 6.07) is 8.61. The molecule has 5 nitrogen and oxygen atoms in total. The van der Waals surface area contributed by atoms with E-state index in [1.807, 2.05) is 0 Å². The Kier molecular flexibility index (Phi) is 8.87. The Morgan fingerprint density at radius 1 is 1.30 bits per heavy atom. The molecule has 1 saturated heterocycles. The molecule has 1 aromatic rings. The summed E-state index contributed by atoms with van der Waals surface area (Å²) >= 11 is 0. The van der Waals surface area contributed by atoms with Crippen molar-refractivity contribution < 1.29 is 9.53 Å². The summed E-state index contributed by atoms with van der Waals surface area (Å²) in [6.45, 7) is 5.67. The molecular formula is C16H25Cl2N3O2. The van der Waals surface area contributed by atoms with Crippen molar-refractivity contribution in [3.63, 3.8) is 0 Å². The Labute approximate surface area is 150 Å². The molecular weight excluding hydrogens is 337 g/mol. The zero-order valence-electron chi connectivity index (χ0n) is 13.1. The standard InChI is InChI=1S/C16H23N3O2.2ClH/c20-16(15-11-17-7-10-21-15)18-6-9-19-8-5-13-3-1-2-4-14(13)12-19;;/h1-4,15,17H,5-12H2,(H,18,20);2*1H. The lowest BCUT2D eigenvalue weighted by Crippen LogP contribution is -2.49.